The fraction of sp³-hybridized carbons (Fsp3) is 0.368. The van der Waals surface area contributed by atoms with E-state index in [1.165, 1.54) is 24.1 Å². The molecule has 0 radical (unpaired) electrons. The lowest BCUT2D eigenvalue weighted by Gasteiger charge is -2.18. The Morgan fingerprint density at radius 2 is 1.58 bits per heavy atom. The van der Waals surface area contributed by atoms with Gasteiger partial charge in [-0.2, -0.15) is 0 Å². The van der Waals surface area contributed by atoms with E-state index in [4.69, 9.17) is 0 Å². The Bertz CT molecular complexity index is 737. The molecule has 2 aromatic carbocycles. The zero-order chi connectivity index (χ0) is 16.8. The topological polar surface area (TPSA) is 49.4 Å². The summed E-state index contributed by atoms with van der Waals surface area (Å²) in [4.78, 5) is 2.33. The first-order valence-electron chi connectivity index (χ1n) is 8.52. The van der Waals surface area contributed by atoms with E-state index in [0.717, 1.165) is 19.5 Å². The van der Waals surface area contributed by atoms with Gasteiger partial charge in [0, 0.05) is 24.5 Å². The van der Waals surface area contributed by atoms with E-state index in [9.17, 15) is 8.42 Å². The number of benzene rings is 2. The van der Waals surface area contributed by atoms with Crippen LogP contribution in [0.5, 0.6) is 0 Å². The predicted octanol–water partition coefficient (Wildman–Crippen LogP) is 3.66. The van der Waals surface area contributed by atoms with Gasteiger partial charge < -0.3 is 4.90 Å². The van der Waals surface area contributed by atoms with E-state index in [-0.39, 0.29) is 5.75 Å². The van der Waals surface area contributed by atoms with Crippen molar-refractivity contribution in [3.63, 3.8) is 0 Å². The molecular weight excluding hydrogens is 320 g/mol. The summed E-state index contributed by atoms with van der Waals surface area (Å²) in [5.74, 6) is 0.135. The number of aryl methyl sites for hydroxylation is 1. The molecule has 0 unspecified atom stereocenters. The minimum atomic E-state index is -3.30. The van der Waals surface area contributed by atoms with E-state index in [1.807, 2.05) is 54.6 Å². The van der Waals surface area contributed by atoms with Crippen molar-refractivity contribution in [2.24, 2.45) is 0 Å². The maximum atomic E-state index is 12.2. The van der Waals surface area contributed by atoms with Crippen LogP contribution in [0.3, 0.4) is 0 Å². The highest BCUT2D eigenvalue weighted by molar-refractivity contribution is 7.92. The van der Waals surface area contributed by atoms with Gasteiger partial charge in [-0.15, -0.1) is 0 Å². The summed E-state index contributed by atoms with van der Waals surface area (Å²) in [6.45, 7) is 2.18. The first-order chi connectivity index (χ1) is 11.6. The number of anilines is 2. The Hall–Kier alpha value is -2.01. The van der Waals surface area contributed by atoms with Gasteiger partial charge in [-0.3, -0.25) is 4.72 Å². The molecule has 4 nitrogen and oxygen atoms in total. The van der Waals surface area contributed by atoms with Crippen molar-refractivity contribution in [2.45, 2.75) is 25.7 Å². The third-order valence-electron chi connectivity index (χ3n) is 4.33. The standard InChI is InChI=1S/C19H24N2O2S/c22-24(23,16-6-9-17-7-2-1-3-8-17)20-18-10-12-19(13-11-18)21-14-4-5-15-21/h1-3,7-8,10-13,20H,4-6,9,14-16H2. The summed E-state index contributed by atoms with van der Waals surface area (Å²) in [7, 11) is -3.30. The zero-order valence-corrected chi connectivity index (χ0v) is 14.6. The summed E-state index contributed by atoms with van der Waals surface area (Å²) in [6, 6.07) is 17.7. The fourth-order valence-electron chi connectivity index (χ4n) is 3.06. The quantitative estimate of drug-likeness (QED) is 0.834. The Morgan fingerprint density at radius 1 is 0.917 bits per heavy atom. The van der Waals surface area contributed by atoms with Gasteiger partial charge in [0.15, 0.2) is 0 Å². The van der Waals surface area contributed by atoms with Crippen LogP contribution in [0.1, 0.15) is 24.8 Å². The highest BCUT2D eigenvalue weighted by Crippen LogP contribution is 2.22. The van der Waals surface area contributed by atoms with Crippen LogP contribution < -0.4 is 9.62 Å². The van der Waals surface area contributed by atoms with E-state index in [2.05, 4.69) is 9.62 Å². The fourth-order valence-corrected chi connectivity index (χ4v) is 4.18. The van der Waals surface area contributed by atoms with Crippen LogP contribution in [0.2, 0.25) is 0 Å². The molecular formula is C19H24N2O2S. The molecule has 0 aromatic heterocycles. The van der Waals surface area contributed by atoms with Crippen LogP contribution in [0.4, 0.5) is 11.4 Å². The van der Waals surface area contributed by atoms with Crippen molar-refractivity contribution < 1.29 is 8.42 Å². The Morgan fingerprint density at radius 3 is 2.25 bits per heavy atom. The summed E-state index contributed by atoms with van der Waals surface area (Å²) < 4.78 is 27.1. The average molecular weight is 344 g/mol. The number of sulfonamides is 1. The third kappa shape index (κ3) is 4.74. The highest BCUT2D eigenvalue weighted by atomic mass is 32.2. The Kier molecular flexibility index (Phi) is 5.41. The molecule has 1 heterocycles. The van der Waals surface area contributed by atoms with Crippen molar-refractivity contribution in [2.75, 3.05) is 28.5 Å². The van der Waals surface area contributed by atoms with E-state index in [0.29, 0.717) is 12.1 Å². The monoisotopic (exact) mass is 344 g/mol. The zero-order valence-electron chi connectivity index (χ0n) is 13.8. The highest BCUT2D eigenvalue weighted by Gasteiger charge is 2.13. The second-order valence-corrected chi connectivity index (χ2v) is 8.09. The van der Waals surface area contributed by atoms with Gasteiger partial charge in [0.1, 0.15) is 0 Å². The normalized spacial score (nSPS) is 14.8. The minimum absolute atomic E-state index is 0.135. The van der Waals surface area contributed by atoms with Crippen LogP contribution in [-0.2, 0) is 16.4 Å². The number of nitrogens with one attached hydrogen (secondary N) is 1. The molecule has 2 aromatic rings. The summed E-state index contributed by atoms with van der Waals surface area (Å²) in [5.41, 5.74) is 2.97. The second kappa shape index (κ2) is 7.71. The van der Waals surface area contributed by atoms with Gasteiger partial charge in [-0.05, 0) is 55.5 Å². The molecule has 1 N–H and O–H groups in total. The smallest absolute Gasteiger partial charge is 0.232 e. The van der Waals surface area contributed by atoms with E-state index in [1.54, 1.807) is 0 Å². The molecule has 0 aliphatic carbocycles. The minimum Gasteiger partial charge on any atom is -0.372 e. The molecule has 1 aliphatic rings. The lowest BCUT2D eigenvalue weighted by atomic mass is 10.1. The van der Waals surface area contributed by atoms with Crippen LogP contribution >= 0.6 is 0 Å². The number of hydrogen-bond acceptors (Lipinski definition) is 3. The SMILES string of the molecule is O=S(=O)(CCCc1ccccc1)Nc1ccc(N2CCCC2)cc1. The maximum absolute atomic E-state index is 12.2. The summed E-state index contributed by atoms with van der Waals surface area (Å²) >= 11 is 0. The van der Waals surface area contributed by atoms with Crippen molar-refractivity contribution in [3.8, 4) is 0 Å². The third-order valence-corrected chi connectivity index (χ3v) is 5.71. The Labute approximate surface area is 144 Å². The van der Waals surface area contributed by atoms with Crippen molar-refractivity contribution >= 4 is 21.4 Å². The maximum Gasteiger partial charge on any atom is 0.232 e. The molecule has 24 heavy (non-hydrogen) atoms. The van der Waals surface area contributed by atoms with Gasteiger partial charge in [-0.1, -0.05) is 30.3 Å². The van der Waals surface area contributed by atoms with Gasteiger partial charge >= 0.3 is 0 Å². The summed E-state index contributed by atoms with van der Waals surface area (Å²) in [5, 5.41) is 0. The number of nitrogens with zero attached hydrogens (tertiary/aromatic N) is 1. The molecule has 1 aliphatic heterocycles. The molecule has 3 rings (SSSR count). The van der Waals surface area contributed by atoms with Crippen molar-refractivity contribution in [1.82, 2.24) is 0 Å². The van der Waals surface area contributed by atoms with Crippen LogP contribution in [0, 0.1) is 0 Å². The molecule has 1 saturated heterocycles. The van der Waals surface area contributed by atoms with Gasteiger partial charge in [-0.25, -0.2) is 8.42 Å². The Balaban J connectivity index is 1.52. The van der Waals surface area contributed by atoms with Crippen molar-refractivity contribution in [1.29, 1.82) is 0 Å². The van der Waals surface area contributed by atoms with Crippen molar-refractivity contribution in [3.05, 3.63) is 60.2 Å². The van der Waals surface area contributed by atoms with Gasteiger partial charge in [0.25, 0.3) is 0 Å². The van der Waals surface area contributed by atoms with Gasteiger partial charge in [0.2, 0.25) is 10.0 Å². The molecule has 0 amide bonds. The molecule has 0 spiro atoms. The van der Waals surface area contributed by atoms with E-state index < -0.39 is 10.0 Å². The van der Waals surface area contributed by atoms with Gasteiger partial charge in [0.05, 0.1) is 5.75 Å². The lowest BCUT2D eigenvalue weighted by molar-refractivity contribution is 0.598. The molecule has 128 valence electrons. The average Bonchev–Trinajstić information content (AvgIpc) is 3.10. The lowest BCUT2D eigenvalue weighted by Crippen LogP contribution is -2.18. The molecule has 5 heteroatoms. The largest absolute Gasteiger partial charge is 0.372 e. The van der Waals surface area contributed by atoms with Crippen LogP contribution in [0.15, 0.2) is 54.6 Å². The molecule has 0 bridgehead atoms. The second-order valence-electron chi connectivity index (χ2n) is 6.25. The molecule has 0 atom stereocenters. The first kappa shape index (κ1) is 16.8. The molecule has 0 saturated carbocycles. The number of hydrogen-bond donors (Lipinski definition) is 1. The van der Waals surface area contributed by atoms with E-state index >= 15 is 0 Å². The first-order valence-corrected chi connectivity index (χ1v) is 10.2. The molecule has 1 fully saturated rings. The number of rotatable bonds is 7. The predicted molar refractivity (Wildman–Crippen MR) is 100 cm³/mol. The summed E-state index contributed by atoms with van der Waals surface area (Å²) in [6.07, 6.45) is 3.85. The van der Waals surface area contributed by atoms with Crippen LogP contribution in [0.25, 0.3) is 0 Å². The van der Waals surface area contributed by atoms with Crippen LogP contribution in [-0.4, -0.2) is 27.3 Å².